The van der Waals surface area contributed by atoms with Crippen LogP contribution < -0.4 is 0 Å². The van der Waals surface area contributed by atoms with Crippen LogP contribution >= 0.6 is 0 Å². The molecule has 0 aromatic heterocycles. The molecule has 1 saturated carbocycles. The van der Waals surface area contributed by atoms with E-state index in [2.05, 4.69) is 6.58 Å². The third-order valence-electron chi connectivity index (χ3n) is 2.20. The smallest absolute Gasteiger partial charge is 0.265 e. The second-order valence-electron chi connectivity index (χ2n) is 3.17. The molecule has 0 heterocycles. The van der Waals surface area contributed by atoms with Gasteiger partial charge in [0, 0.05) is 0 Å². The van der Waals surface area contributed by atoms with Crippen LogP contribution in [0, 0.1) is 5.92 Å². The van der Waals surface area contributed by atoms with Gasteiger partial charge >= 0.3 is 0 Å². The zero-order chi connectivity index (χ0) is 8.10. The molecule has 1 rings (SSSR count). The van der Waals surface area contributed by atoms with E-state index in [4.69, 9.17) is 4.74 Å². The predicted molar refractivity (Wildman–Crippen MR) is 42.8 cm³/mol. The van der Waals surface area contributed by atoms with Crippen LogP contribution in [-0.4, -0.2) is 6.61 Å². The van der Waals surface area contributed by atoms with Crippen molar-refractivity contribution < 1.29 is 9.13 Å². The summed E-state index contributed by atoms with van der Waals surface area (Å²) in [5.41, 5.74) is 0. The molecule has 0 aromatic rings. The van der Waals surface area contributed by atoms with Crippen molar-refractivity contribution >= 4 is 0 Å². The minimum atomic E-state index is -0.643. The molecular formula is C9H15FO. The van der Waals surface area contributed by atoms with Gasteiger partial charge in [0.1, 0.15) is 0 Å². The van der Waals surface area contributed by atoms with Crippen molar-refractivity contribution in [1.82, 2.24) is 0 Å². The molecule has 0 spiro atoms. The van der Waals surface area contributed by atoms with Gasteiger partial charge in [0.15, 0.2) is 0 Å². The van der Waals surface area contributed by atoms with Crippen LogP contribution in [0.1, 0.15) is 32.1 Å². The first-order chi connectivity index (χ1) is 5.29. The summed E-state index contributed by atoms with van der Waals surface area (Å²) in [6, 6.07) is -0.643. The Balaban J connectivity index is 2.09. The van der Waals surface area contributed by atoms with Crippen LogP contribution in [0.15, 0.2) is 12.6 Å². The van der Waals surface area contributed by atoms with Gasteiger partial charge in [-0.25, -0.2) is 0 Å². The van der Waals surface area contributed by atoms with E-state index in [1.54, 1.807) is 0 Å². The molecule has 1 fully saturated rings. The van der Waals surface area contributed by atoms with Gasteiger partial charge in [-0.3, -0.25) is 0 Å². The SMILES string of the molecule is C=C(F)OCC1CCCCC1. The van der Waals surface area contributed by atoms with Crippen LogP contribution in [-0.2, 0) is 4.74 Å². The van der Waals surface area contributed by atoms with Gasteiger partial charge in [-0.1, -0.05) is 19.3 Å². The molecule has 0 saturated heterocycles. The lowest BCUT2D eigenvalue weighted by atomic mass is 9.90. The second kappa shape index (κ2) is 4.37. The van der Waals surface area contributed by atoms with E-state index < -0.39 is 6.01 Å². The summed E-state index contributed by atoms with van der Waals surface area (Å²) in [7, 11) is 0. The largest absolute Gasteiger partial charge is 0.471 e. The maximum absolute atomic E-state index is 12.0. The summed E-state index contributed by atoms with van der Waals surface area (Å²) in [4.78, 5) is 0. The predicted octanol–water partition coefficient (Wildman–Crippen LogP) is 3.02. The fraction of sp³-hybridized carbons (Fsp3) is 0.778. The molecule has 1 aliphatic rings. The summed E-state index contributed by atoms with van der Waals surface area (Å²) in [5, 5.41) is 0. The normalized spacial score (nSPS) is 19.7. The minimum absolute atomic E-state index is 0.523. The lowest BCUT2D eigenvalue weighted by Gasteiger charge is -2.20. The highest BCUT2D eigenvalue weighted by Gasteiger charge is 2.13. The van der Waals surface area contributed by atoms with Gasteiger partial charge in [-0.15, -0.1) is 0 Å². The van der Waals surface area contributed by atoms with Gasteiger partial charge in [-0.2, -0.15) is 4.39 Å². The van der Waals surface area contributed by atoms with Gasteiger partial charge in [0.25, 0.3) is 6.01 Å². The van der Waals surface area contributed by atoms with E-state index in [0.717, 1.165) is 0 Å². The van der Waals surface area contributed by atoms with Gasteiger partial charge in [-0.05, 0) is 25.3 Å². The molecule has 11 heavy (non-hydrogen) atoms. The first-order valence-corrected chi connectivity index (χ1v) is 4.26. The maximum atomic E-state index is 12.0. The van der Waals surface area contributed by atoms with E-state index in [9.17, 15) is 4.39 Å². The number of rotatable bonds is 3. The second-order valence-corrected chi connectivity index (χ2v) is 3.17. The summed E-state index contributed by atoms with van der Waals surface area (Å²) in [6.07, 6.45) is 6.24. The Morgan fingerprint density at radius 1 is 1.36 bits per heavy atom. The van der Waals surface area contributed by atoms with Crippen molar-refractivity contribution in [3.63, 3.8) is 0 Å². The molecule has 1 aliphatic carbocycles. The van der Waals surface area contributed by atoms with E-state index in [-0.39, 0.29) is 0 Å². The quantitative estimate of drug-likeness (QED) is 0.574. The van der Waals surface area contributed by atoms with Crippen LogP contribution in [0.3, 0.4) is 0 Å². The van der Waals surface area contributed by atoms with Crippen molar-refractivity contribution in [3.05, 3.63) is 12.6 Å². The number of ether oxygens (including phenoxy) is 1. The van der Waals surface area contributed by atoms with Gasteiger partial charge < -0.3 is 4.74 Å². The van der Waals surface area contributed by atoms with Gasteiger partial charge in [0.05, 0.1) is 6.61 Å². The van der Waals surface area contributed by atoms with E-state index in [1.807, 2.05) is 0 Å². The molecule has 0 atom stereocenters. The van der Waals surface area contributed by atoms with Crippen LogP contribution in [0.5, 0.6) is 0 Å². The fourth-order valence-electron chi connectivity index (χ4n) is 1.56. The first kappa shape index (κ1) is 8.57. The molecule has 0 unspecified atom stereocenters. The molecule has 1 nitrogen and oxygen atoms in total. The van der Waals surface area contributed by atoms with Crippen molar-refractivity contribution in [2.45, 2.75) is 32.1 Å². The summed E-state index contributed by atoms with van der Waals surface area (Å²) < 4.78 is 16.8. The van der Waals surface area contributed by atoms with Crippen molar-refractivity contribution in [3.8, 4) is 0 Å². The molecule has 0 aliphatic heterocycles. The Morgan fingerprint density at radius 2 is 2.00 bits per heavy atom. The van der Waals surface area contributed by atoms with Gasteiger partial charge in [0.2, 0.25) is 0 Å². The monoisotopic (exact) mass is 158 g/mol. The molecule has 0 N–H and O–H groups in total. The molecular weight excluding hydrogens is 143 g/mol. The maximum Gasteiger partial charge on any atom is 0.265 e. The van der Waals surface area contributed by atoms with Crippen molar-refractivity contribution in [1.29, 1.82) is 0 Å². The highest BCUT2D eigenvalue weighted by molar-refractivity contribution is 4.69. The highest BCUT2D eigenvalue weighted by atomic mass is 19.1. The lowest BCUT2D eigenvalue weighted by molar-refractivity contribution is 0.0990. The van der Waals surface area contributed by atoms with Crippen LogP contribution in [0.4, 0.5) is 4.39 Å². The average Bonchev–Trinajstić information content (AvgIpc) is 2.03. The fourth-order valence-corrected chi connectivity index (χ4v) is 1.56. The summed E-state index contributed by atoms with van der Waals surface area (Å²) in [6.45, 7) is 3.57. The Labute approximate surface area is 67.2 Å². The van der Waals surface area contributed by atoms with Crippen molar-refractivity contribution in [2.75, 3.05) is 6.61 Å². The zero-order valence-electron chi connectivity index (χ0n) is 6.81. The highest BCUT2D eigenvalue weighted by Crippen LogP contribution is 2.24. The minimum Gasteiger partial charge on any atom is -0.471 e. The van der Waals surface area contributed by atoms with Crippen LogP contribution in [0.25, 0.3) is 0 Å². The number of halogens is 1. The van der Waals surface area contributed by atoms with Crippen molar-refractivity contribution in [2.24, 2.45) is 5.92 Å². The summed E-state index contributed by atoms with van der Waals surface area (Å²) >= 11 is 0. The molecule has 64 valence electrons. The topological polar surface area (TPSA) is 9.23 Å². The van der Waals surface area contributed by atoms with Crippen LogP contribution in [0.2, 0.25) is 0 Å². The standard InChI is InChI=1S/C9H15FO/c1-8(10)11-7-9-5-3-2-4-6-9/h9H,1-7H2. The summed E-state index contributed by atoms with van der Waals surface area (Å²) in [5.74, 6) is 0.566. The van der Waals surface area contributed by atoms with E-state index in [0.29, 0.717) is 12.5 Å². The van der Waals surface area contributed by atoms with E-state index >= 15 is 0 Å². The Kier molecular flexibility index (Phi) is 3.40. The number of hydrogen-bond donors (Lipinski definition) is 0. The Bertz CT molecular complexity index is 128. The molecule has 2 heteroatoms. The molecule has 0 radical (unpaired) electrons. The zero-order valence-corrected chi connectivity index (χ0v) is 6.81. The van der Waals surface area contributed by atoms with E-state index in [1.165, 1.54) is 32.1 Å². The first-order valence-electron chi connectivity index (χ1n) is 4.26. The molecule has 0 amide bonds. The molecule has 0 bridgehead atoms. The Morgan fingerprint density at radius 3 is 2.55 bits per heavy atom. The average molecular weight is 158 g/mol. The lowest BCUT2D eigenvalue weighted by Crippen LogP contribution is -2.12. The Hall–Kier alpha value is -0.530. The number of hydrogen-bond acceptors (Lipinski definition) is 1. The third-order valence-corrected chi connectivity index (χ3v) is 2.20. The third kappa shape index (κ3) is 3.40. The molecule has 0 aromatic carbocycles.